The van der Waals surface area contributed by atoms with Gasteiger partial charge in [0.15, 0.2) is 0 Å². The van der Waals surface area contributed by atoms with E-state index in [2.05, 4.69) is 25.1 Å². The van der Waals surface area contributed by atoms with Crippen LogP contribution in [-0.2, 0) is 6.54 Å². The maximum absolute atomic E-state index is 12.7. The van der Waals surface area contributed by atoms with Crippen molar-refractivity contribution in [3.8, 4) is 0 Å². The fraction of sp³-hybridized carbons (Fsp3) is 0.571. The number of hydrogen-bond acceptors (Lipinski definition) is 6. The summed E-state index contributed by atoms with van der Waals surface area (Å²) in [7, 11) is 0. The lowest BCUT2D eigenvalue weighted by atomic mass is 10.1. The molecule has 156 valence electrons. The van der Waals surface area contributed by atoms with E-state index in [0.717, 1.165) is 81.6 Å². The summed E-state index contributed by atoms with van der Waals surface area (Å²) in [5, 5.41) is 3.83. The van der Waals surface area contributed by atoms with Gasteiger partial charge in [0.2, 0.25) is 0 Å². The van der Waals surface area contributed by atoms with Crippen molar-refractivity contribution >= 4 is 34.7 Å². The van der Waals surface area contributed by atoms with Gasteiger partial charge in [-0.3, -0.25) is 9.69 Å². The van der Waals surface area contributed by atoms with Gasteiger partial charge in [-0.05, 0) is 38.7 Å². The standard InChI is InChI=1S/C21H28ClN5OS/c1-16-24-18(15-29-16)14-25-6-5-9-26(11-10-25)20-19(22)12-17(13-23-20)21(28)27-7-3-2-4-8-27/h12-13,15H,2-11,14H2,1H3. The van der Waals surface area contributed by atoms with Crippen LogP contribution in [0.25, 0.3) is 0 Å². The molecule has 2 saturated heterocycles. The zero-order chi connectivity index (χ0) is 20.2. The van der Waals surface area contributed by atoms with E-state index in [4.69, 9.17) is 11.6 Å². The quantitative estimate of drug-likeness (QED) is 0.733. The van der Waals surface area contributed by atoms with Crippen LogP contribution in [0.1, 0.15) is 46.7 Å². The predicted octanol–water partition coefficient (Wildman–Crippen LogP) is 3.84. The Bertz CT molecular complexity index is 851. The highest BCUT2D eigenvalue weighted by Crippen LogP contribution is 2.26. The van der Waals surface area contributed by atoms with E-state index in [9.17, 15) is 4.79 Å². The molecule has 0 radical (unpaired) electrons. The number of piperidine rings is 1. The number of halogens is 1. The molecular formula is C21H28ClN5OS. The molecule has 4 heterocycles. The Morgan fingerprint density at radius 1 is 1.10 bits per heavy atom. The Morgan fingerprint density at radius 2 is 1.93 bits per heavy atom. The van der Waals surface area contributed by atoms with Crippen LogP contribution < -0.4 is 4.90 Å². The van der Waals surface area contributed by atoms with Crippen molar-refractivity contribution in [3.05, 3.63) is 38.9 Å². The molecule has 0 atom stereocenters. The first-order valence-corrected chi connectivity index (χ1v) is 11.7. The summed E-state index contributed by atoms with van der Waals surface area (Å²) in [6.45, 7) is 8.37. The second kappa shape index (κ2) is 9.41. The van der Waals surface area contributed by atoms with Gasteiger partial charge in [-0.2, -0.15) is 0 Å². The molecule has 2 aliphatic heterocycles. The minimum Gasteiger partial charge on any atom is -0.354 e. The first kappa shape index (κ1) is 20.6. The van der Waals surface area contributed by atoms with Gasteiger partial charge in [0, 0.05) is 57.4 Å². The van der Waals surface area contributed by atoms with Gasteiger partial charge in [0.1, 0.15) is 5.82 Å². The van der Waals surface area contributed by atoms with E-state index in [1.54, 1.807) is 23.6 Å². The van der Waals surface area contributed by atoms with Crippen LogP contribution in [0.3, 0.4) is 0 Å². The van der Waals surface area contributed by atoms with Crippen LogP contribution in [0.5, 0.6) is 0 Å². The summed E-state index contributed by atoms with van der Waals surface area (Å²) in [5.41, 5.74) is 1.74. The van der Waals surface area contributed by atoms with Crippen LogP contribution in [0.2, 0.25) is 5.02 Å². The molecule has 2 fully saturated rings. The molecule has 0 aliphatic carbocycles. The van der Waals surface area contributed by atoms with Crippen LogP contribution in [0, 0.1) is 6.92 Å². The van der Waals surface area contributed by atoms with Gasteiger partial charge in [0.25, 0.3) is 5.91 Å². The minimum atomic E-state index is 0.0475. The Morgan fingerprint density at radius 3 is 2.66 bits per heavy atom. The number of hydrogen-bond donors (Lipinski definition) is 0. The third-order valence-electron chi connectivity index (χ3n) is 5.65. The molecule has 4 rings (SSSR count). The molecule has 0 saturated carbocycles. The highest BCUT2D eigenvalue weighted by atomic mass is 35.5. The molecule has 2 aromatic rings. The average molecular weight is 434 g/mol. The van der Waals surface area contributed by atoms with E-state index < -0.39 is 0 Å². The van der Waals surface area contributed by atoms with Crippen LogP contribution in [-0.4, -0.2) is 64.9 Å². The van der Waals surface area contributed by atoms with E-state index in [-0.39, 0.29) is 5.91 Å². The molecule has 0 spiro atoms. The van der Waals surface area contributed by atoms with E-state index in [1.165, 1.54) is 6.42 Å². The van der Waals surface area contributed by atoms with Crippen molar-refractivity contribution in [1.82, 2.24) is 19.8 Å². The minimum absolute atomic E-state index is 0.0475. The Kier molecular flexibility index (Phi) is 6.67. The topological polar surface area (TPSA) is 52.6 Å². The molecular weight excluding hydrogens is 406 g/mol. The molecule has 0 unspecified atom stereocenters. The summed E-state index contributed by atoms with van der Waals surface area (Å²) in [5.74, 6) is 0.833. The Labute approximate surface area is 181 Å². The highest BCUT2D eigenvalue weighted by Gasteiger charge is 2.22. The fourth-order valence-corrected chi connectivity index (χ4v) is 5.00. The van der Waals surface area contributed by atoms with Gasteiger partial charge >= 0.3 is 0 Å². The lowest BCUT2D eigenvalue weighted by Crippen LogP contribution is -2.35. The second-order valence-corrected chi connectivity index (χ2v) is 9.33. The number of likely N-dealkylation sites (tertiary alicyclic amines) is 1. The van der Waals surface area contributed by atoms with Crippen molar-refractivity contribution in [1.29, 1.82) is 0 Å². The van der Waals surface area contributed by atoms with E-state index >= 15 is 0 Å². The molecule has 1 amide bonds. The highest BCUT2D eigenvalue weighted by molar-refractivity contribution is 7.09. The Balaban J connectivity index is 1.39. The largest absolute Gasteiger partial charge is 0.354 e. The number of pyridine rings is 1. The van der Waals surface area contributed by atoms with E-state index in [0.29, 0.717) is 10.6 Å². The number of carbonyl (C=O) groups is 1. The molecule has 6 nitrogen and oxygen atoms in total. The number of aromatic nitrogens is 2. The lowest BCUT2D eigenvalue weighted by Gasteiger charge is -2.27. The van der Waals surface area contributed by atoms with Crippen LogP contribution in [0.4, 0.5) is 5.82 Å². The number of thiazole rings is 1. The van der Waals surface area contributed by atoms with Gasteiger partial charge in [-0.25, -0.2) is 9.97 Å². The van der Waals surface area contributed by atoms with Gasteiger partial charge in [-0.1, -0.05) is 11.6 Å². The fourth-order valence-electron chi connectivity index (χ4n) is 4.11. The number of amides is 1. The zero-order valence-electron chi connectivity index (χ0n) is 16.9. The number of rotatable bonds is 4. The molecule has 0 N–H and O–H groups in total. The number of anilines is 1. The SMILES string of the molecule is Cc1nc(CN2CCCN(c3ncc(C(=O)N4CCCCC4)cc3Cl)CC2)cs1. The number of aryl methyl sites for hydroxylation is 1. The Hall–Kier alpha value is -1.70. The summed E-state index contributed by atoms with van der Waals surface area (Å²) >= 11 is 8.28. The third kappa shape index (κ3) is 5.08. The van der Waals surface area contributed by atoms with Crippen molar-refractivity contribution in [2.45, 2.75) is 39.2 Å². The monoisotopic (exact) mass is 433 g/mol. The zero-order valence-corrected chi connectivity index (χ0v) is 18.5. The summed E-state index contributed by atoms with van der Waals surface area (Å²) in [6.07, 6.45) is 6.11. The maximum Gasteiger partial charge on any atom is 0.255 e. The van der Waals surface area contributed by atoms with Gasteiger partial charge < -0.3 is 9.80 Å². The molecule has 29 heavy (non-hydrogen) atoms. The maximum atomic E-state index is 12.7. The first-order chi connectivity index (χ1) is 14.1. The predicted molar refractivity (Wildman–Crippen MR) is 118 cm³/mol. The molecule has 0 aromatic carbocycles. The van der Waals surface area contributed by atoms with Crippen molar-refractivity contribution in [2.24, 2.45) is 0 Å². The number of carbonyl (C=O) groups excluding carboxylic acids is 1. The second-order valence-electron chi connectivity index (χ2n) is 7.86. The summed E-state index contributed by atoms with van der Waals surface area (Å²) < 4.78 is 0. The van der Waals surface area contributed by atoms with Crippen LogP contribution >= 0.6 is 22.9 Å². The lowest BCUT2D eigenvalue weighted by molar-refractivity contribution is 0.0724. The summed E-state index contributed by atoms with van der Waals surface area (Å²) in [4.78, 5) is 28.5. The van der Waals surface area contributed by atoms with Gasteiger partial charge in [0.05, 0.1) is 21.3 Å². The van der Waals surface area contributed by atoms with Crippen molar-refractivity contribution < 1.29 is 4.79 Å². The normalized spacial score (nSPS) is 18.7. The van der Waals surface area contributed by atoms with Crippen molar-refractivity contribution in [3.63, 3.8) is 0 Å². The molecule has 2 aromatic heterocycles. The molecule has 8 heteroatoms. The number of nitrogens with zero attached hydrogens (tertiary/aromatic N) is 5. The molecule has 2 aliphatic rings. The first-order valence-electron chi connectivity index (χ1n) is 10.4. The van der Waals surface area contributed by atoms with Crippen LogP contribution in [0.15, 0.2) is 17.6 Å². The van der Waals surface area contributed by atoms with E-state index in [1.807, 2.05) is 11.8 Å². The molecule has 0 bridgehead atoms. The van der Waals surface area contributed by atoms with Crippen molar-refractivity contribution in [2.75, 3.05) is 44.2 Å². The average Bonchev–Trinajstić information content (AvgIpc) is 3.00. The smallest absolute Gasteiger partial charge is 0.255 e. The summed E-state index contributed by atoms with van der Waals surface area (Å²) in [6, 6.07) is 1.79. The van der Waals surface area contributed by atoms with Gasteiger partial charge in [-0.15, -0.1) is 11.3 Å². The third-order valence-corrected chi connectivity index (χ3v) is 6.75.